The van der Waals surface area contributed by atoms with E-state index in [1.807, 2.05) is 0 Å². The van der Waals surface area contributed by atoms with Crippen LogP contribution in [0.15, 0.2) is 142 Å². The van der Waals surface area contributed by atoms with Crippen LogP contribution in [0.4, 0.5) is 0 Å². The molecule has 8 rings (SSSR count). The Balaban J connectivity index is 0.000000178. The monoisotopic (exact) mass is 772 g/mol. The molecule has 2 heterocycles. The first-order valence-electron chi connectivity index (χ1n) is 19.2. The maximum atomic E-state index is 5.95. The molecule has 0 aliphatic rings. The first-order chi connectivity index (χ1) is 25.4. The smallest absolute Gasteiger partial charge is 0.496 e. The van der Waals surface area contributed by atoms with E-state index in [-0.39, 0.29) is 26.2 Å². The molecule has 53 heavy (non-hydrogen) atoms. The van der Waals surface area contributed by atoms with Gasteiger partial charge in [0.25, 0.3) is 0 Å². The Morgan fingerprint density at radius 3 is 1.23 bits per heavy atom. The van der Waals surface area contributed by atoms with Crippen molar-refractivity contribution in [2.45, 2.75) is 79.1 Å². The summed E-state index contributed by atoms with van der Waals surface area (Å²) in [6, 6.07) is 48.4. The maximum absolute atomic E-state index is 5.95. The summed E-state index contributed by atoms with van der Waals surface area (Å²) in [5, 5.41) is 5.09. The second-order valence-corrected chi connectivity index (χ2v) is 14.2. The van der Waals surface area contributed by atoms with E-state index in [1.54, 1.807) is 0 Å². The average molecular weight is 774 g/mol. The molecule has 0 saturated heterocycles. The summed E-state index contributed by atoms with van der Waals surface area (Å²) < 4.78 is 11.9. The van der Waals surface area contributed by atoms with Gasteiger partial charge in [0.15, 0.2) is 0 Å². The Morgan fingerprint density at radius 2 is 0.887 bits per heavy atom. The van der Waals surface area contributed by atoms with Gasteiger partial charge >= 0.3 is 26.2 Å². The minimum atomic E-state index is 0. The fourth-order valence-electron chi connectivity index (χ4n) is 7.16. The van der Waals surface area contributed by atoms with Gasteiger partial charge in [-0.2, -0.15) is 0 Å². The third kappa shape index (κ3) is 8.22. The van der Waals surface area contributed by atoms with Crippen molar-refractivity contribution >= 4 is 21.5 Å². The minimum absolute atomic E-state index is 0. The van der Waals surface area contributed by atoms with Crippen molar-refractivity contribution in [3.05, 3.63) is 156 Å². The van der Waals surface area contributed by atoms with Gasteiger partial charge in [0, 0.05) is 12.8 Å². The van der Waals surface area contributed by atoms with E-state index < -0.39 is 0 Å². The standard InChI is InChI=1S/2C25H25O.Zr/c2*1-4-17(3)18-9-11-19(12-10-18)23-8-6-7-20-15-21(16-24(20)23)25-14-13-22(5-2)26-25;/h2*6-17H,4-5H2,1-3H3;/q2*-1;+2. The van der Waals surface area contributed by atoms with E-state index in [1.165, 1.54) is 67.8 Å². The van der Waals surface area contributed by atoms with Crippen molar-refractivity contribution in [1.29, 1.82) is 0 Å². The molecule has 0 radical (unpaired) electrons. The Hall–Kier alpha value is -4.46. The SMILES string of the molecule is CCc1ccc(-c2cc3c(-c4ccc(C(C)CC)cc4)cccc3[cH-]2)o1.CCc1ccc(-c2cc3c(-c4ccc(C(C)CC)cc4)cccc3[cH-]2)o1.[Zr+2]. The van der Waals surface area contributed by atoms with Gasteiger partial charge in [-0.25, -0.2) is 0 Å². The third-order valence-corrected chi connectivity index (χ3v) is 10.9. The van der Waals surface area contributed by atoms with Gasteiger partial charge in [0.2, 0.25) is 0 Å². The van der Waals surface area contributed by atoms with Crippen molar-refractivity contribution in [1.82, 2.24) is 0 Å². The number of benzene rings is 4. The number of hydrogen-bond donors (Lipinski definition) is 0. The molecule has 0 amide bonds. The van der Waals surface area contributed by atoms with E-state index in [4.69, 9.17) is 8.83 Å². The minimum Gasteiger partial charge on any atom is -0.496 e. The fraction of sp³-hybridized carbons (Fsp3) is 0.240. The molecule has 0 N–H and O–H groups in total. The Bertz CT molecular complexity index is 2200. The summed E-state index contributed by atoms with van der Waals surface area (Å²) in [6.07, 6.45) is 4.19. The van der Waals surface area contributed by atoms with Crippen LogP contribution in [-0.2, 0) is 39.0 Å². The Labute approximate surface area is 334 Å². The van der Waals surface area contributed by atoms with Gasteiger partial charge in [0.1, 0.15) is 0 Å². The molecule has 2 aromatic heterocycles. The molecular formula is C50H50O2Zr. The molecule has 6 aromatic carbocycles. The van der Waals surface area contributed by atoms with Gasteiger partial charge in [-0.05, 0) is 71.2 Å². The topological polar surface area (TPSA) is 26.3 Å². The van der Waals surface area contributed by atoms with Crippen LogP contribution in [0, 0.1) is 0 Å². The summed E-state index contributed by atoms with van der Waals surface area (Å²) in [7, 11) is 0. The molecule has 266 valence electrons. The zero-order valence-corrected chi connectivity index (χ0v) is 34.5. The second-order valence-electron chi connectivity index (χ2n) is 14.2. The van der Waals surface area contributed by atoms with Crippen LogP contribution in [0.5, 0.6) is 0 Å². The summed E-state index contributed by atoms with van der Waals surface area (Å²) in [5.41, 5.74) is 10.2. The second kappa shape index (κ2) is 17.1. The number of furan rings is 2. The first-order valence-corrected chi connectivity index (χ1v) is 19.2. The Morgan fingerprint density at radius 1 is 0.491 bits per heavy atom. The van der Waals surface area contributed by atoms with Crippen LogP contribution in [0.1, 0.15) is 88.9 Å². The molecule has 0 fully saturated rings. The average Bonchev–Trinajstić information content (AvgIpc) is 4.02. The van der Waals surface area contributed by atoms with E-state index in [0.29, 0.717) is 11.8 Å². The summed E-state index contributed by atoms with van der Waals surface area (Å²) in [6.45, 7) is 13.3. The largest absolute Gasteiger partial charge is 2.00 e. The third-order valence-electron chi connectivity index (χ3n) is 10.9. The number of hydrogen-bond acceptors (Lipinski definition) is 2. The van der Waals surface area contributed by atoms with Gasteiger partial charge in [-0.15, -0.1) is 57.9 Å². The molecule has 0 aliphatic carbocycles. The van der Waals surface area contributed by atoms with Gasteiger partial charge < -0.3 is 8.83 Å². The van der Waals surface area contributed by atoms with Gasteiger partial charge in [0.05, 0.1) is 23.0 Å². The number of rotatable bonds is 10. The van der Waals surface area contributed by atoms with Crippen LogP contribution in [0.3, 0.4) is 0 Å². The molecule has 0 saturated carbocycles. The molecule has 2 unspecified atom stereocenters. The van der Waals surface area contributed by atoms with Crippen molar-refractivity contribution in [3.63, 3.8) is 0 Å². The van der Waals surface area contributed by atoms with Crippen molar-refractivity contribution < 1.29 is 35.0 Å². The first kappa shape index (κ1) is 38.3. The Kier molecular flexibility index (Phi) is 12.4. The van der Waals surface area contributed by atoms with E-state index >= 15 is 0 Å². The molecule has 0 bridgehead atoms. The zero-order valence-electron chi connectivity index (χ0n) is 32.0. The quantitative estimate of drug-likeness (QED) is 0.129. The fourth-order valence-corrected chi connectivity index (χ4v) is 7.16. The van der Waals surface area contributed by atoms with Crippen LogP contribution in [-0.4, -0.2) is 0 Å². The summed E-state index contributed by atoms with van der Waals surface area (Å²) >= 11 is 0. The predicted octanol–water partition coefficient (Wildman–Crippen LogP) is 15.1. The normalized spacial score (nSPS) is 12.3. The van der Waals surface area contributed by atoms with Crippen molar-refractivity contribution in [3.8, 4) is 44.9 Å². The predicted molar refractivity (Wildman–Crippen MR) is 222 cm³/mol. The van der Waals surface area contributed by atoms with E-state index in [9.17, 15) is 0 Å². The van der Waals surface area contributed by atoms with Gasteiger partial charge in [-0.1, -0.05) is 137 Å². The molecule has 0 aliphatic heterocycles. The van der Waals surface area contributed by atoms with E-state index in [0.717, 1.165) is 47.0 Å². The van der Waals surface area contributed by atoms with E-state index in [2.05, 4.69) is 175 Å². The van der Waals surface area contributed by atoms with Crippen molar-refractivity contribution in [2.75, 3.05) is 0 Å². The molecular weight excluding hydrogens is 724 g/mol. The number of aryl methyl sites for hydroxylation is 2. The molecule has 3 heteroatoms. The zero-order chi connectivity index (χ0) is 36.2. The molecule has 2 nitrogen and oxygen atoms in total. The molecule has 8 aromatic rings. The van der Waals surface area contributed by atoms with Crippen LogP contribution < -0.4 is 0 Å². The van der Waals surface area contributed by atoms with Crippen LogP contribution in [0.25, 0.3) is 66.4 Å². The van der Waals surface area contributed by atoms with Crippen LogP contribution in [0.2, 0.25) is 0 Å². The molecule has 0 spiro atoms. The summed E-state index contributed by atoms with van der Waals surface area (Å²) in [5.74, 6) is 5.19. The van der Waals surface area contributed by atoms with Gasteiger partial charge in [-0.3, -0.25) is 0 Å². The van der Waals surface area contributed by atoms with Crippen molar-refractivity contribution in [2.24, 2.45) is 0 Å². The molecule has 2 atom stereocenters. The van der Waals surface area contributed by atoms with Crippen LogP contribution >= 0.6 is 0 Å². The summed E-state index contributed by atoms with van der Waals surface area (Å²) in [4.78, 5) is 0. The maximum Gasteiger partial charge on any atom is 2.00 e. The number of fused-ring (bicyclic) bond motifs is 2.